The van der Waals surface area contributed by atoms with Crippen molar-refractivity contribution in [3.63, 3.8) is 0 Å². The van der Waals surface area contributed by atoms with E-state index in [0.29, 0.717) is 0 Å². The molecule has 0 spiro atoms. The Morgan fingerprint density at radius 2 is 1.36 bits per heavy atom. The maximum atomic E-state index is 4.19. The van der Waals surface area contributed by atoms with Crippen molar-refractivity contribution in [2.45, 2.75) is 39.7 Å². The molecule has 1 aromatic heterocycles. The third-order valence-electron chi connectivity index (χ3n) is 11.7. The van der Waals surface area contributed by atoms with Crippen LogP contribution < -0.4 is 4.90 Å². The summed E-state index contributed by atoms with van der Waals surface area (Å²) in [4.78, 5) is 2.58. The molecule has 0 bridgehead atoms. The molecule has 2 atom stereocenters. The SMILES string of the molecule is C=CCC/C(=C(\C)c1ccccc1-c1cccc2c1c1ccccc1n2-c1ccccc1C)C1(C)C=CC=C2c3ccccc3N(c3ccccc3)C21. The summed E-state index contributed by atoms with van der Waals surface area (Å²) < 4.78 is 2.45. The number of anilines is 2. The van der Waals surface area contributed by atoms with Crippen LogP contribution in [0, 0.1) is 12.3 Å². The van der Waals surface area contributed by atoms with Gasteiger partial charge in [-0.25, -0.2) is 0 Å². The van der Waals surface area contributed by atoms with Crippen LogP contribution in [0.3, 0.4) is 0 Å². The molecular weight excluding hydrogens is 641 g/mol. The second-order valence-corrected chi connectivity index (χ2v) is 14.7. The van der Waals surface area contributed by atoms with Crippen molar-refractivity contribution >= 4 is 44.3 Å². The number of aryl methyl sites for hydroxylation is 1. The molecule has 2 unspecified atom stereocenters. The number of fused-ring (bicyclic) bond motifs is 6. The van der Waals surface area contributed by atoms with Gasteiger partial charge in [0.2, 0.25) is 0 Å². The van der Waals surface area contributed by atoms with Gasteiger partial charge in [-0.05, 0) is 103 Å². The monoisotopic (exact) mass is 684 g/mol. The second kappa shape index (κ2) is 13.1. The van der Waals surface area contributed by atoms with E-state index in [-0.39, 0.29) is 11.5 Å². The Labute approximate surface area is 313 Å². The molecular formula is C51H44N2. The Balaban J connectivity index is 1.27. The lowest BCUT2D eigenvalue weighted by Gasteiger charge is -2.44. The number of aromatic nitrogens is 1. The molecule has 1 aliphatic heterocycles. The van der Waals surface area contributed by atoms with Crippen LogP contribution in [0.25, 0.3) is 49.8 Å². The first-order valence-electron chi connectivity index (χ1n) is 18.8. The van der Waals surface area contributed by atoms with Gasteiger partial charge >= 0.3 is 0 Å². The Kier molecular flexibility index (Phi) is 8.12. The lowest BCUT2D eigenvalue weighted by molar-refractivity contribution is 0.447. The fourth-order valence-electron chi connectivity index (χ4n) is 9.34. The van der Waals surface area contributed by atoms with Crippen LogP contribution in [0.15, 0.2) is 182 Å². The van der Waals surface area contributed by atoms with Crippen molar-refractivity contribution in [3.05, 3.63) is 199 Å². The van der Waals surface area contributed by atoms with Gasteiger partial charge in [0.25, 0.3) is 0 Å². The smallest absolute Gasteiger partial charge is 0.0724 e. The zero-order chi connectivity index (χ0) is 36.1. The summed E-state index contributed by atoms with van der Waals surface area (Å²) in [6.45, 7) is 11.2. The van der Waals surface area contributed by atoms with Crippen molar-refractivity contribution in [1.29, 1.82) is 0 Å². The van der Waals surface area contributed by atoms with Crippen LogP contribution >= 0.6 is 0 Å². The number of para-hydroxylation sites is 4. The molecule has 7 aromatic rings. The molecule has 2 aliphatic rings. The minimum Gasteiger partial charge on any atom is -0.332 e. The summed E-state index contributed by atoms with van der Waals surface area (Å²) >= 11 is 0. The first-order valence-corrected chi connectivity index (χ1v) is 18.8. The highest BCUT2D eigenvalue weighted by Gasteiger charge is 2.48. The highest BCUT2D eigenvalue weighted by atomic mass is 15.2. The van der Waals surface area contributed by atoms with E-state index in [0.717, 1.165) is 12.8 Å². The van der Waals surface area contributed by atoms with E-state index in [9.17, 15) is 0 Å². The van der Waals surface area contributed by atoms with Crippen LogP contribution in [0.2, 0.25) is 0 Å². The van der Waals surface area contributed by atoms with E-state index in [2.05, 4.69) is 207 Å². The first kappa shape index (κ1) is 32.8. The lowest BCUT2D eigenvalue weighted by atomic mass is 9.66. The molecule has 258 valence electrons. The number of rotatable bonds is 8. The van der Waals surface area contributed by atoms with Crippen LogP contribution in [-0.4, -0.2) is 10.6 Å². The van der Waals surface area contributed by atoms with E-state index in [1.54, 1.807) is 0 Å². The molecule has 0 fully saturated rings. The molecule has 2 nitrogen and oxygen atoms in total. The average molecular weight is 685 g/mol. The molecule has 1 aliphatic carbocycles. The van der Waals surface area contributed by atoms with Crippen LogP contribution in [0.1, 0.15) is 43.4 Å². The molecule has 6 aromatic carbocycles. The fourth-order valence-corrected chi connectivity index (χ4v) is 9.34. The molecule has 0 radical (unpaired) electrons. The third-order valence-corrected chi connectivity index (χ3v) is 11.7. The molecule has 53 heavy (non-hydrogen) atoms. The highest BCUT2D eigenvalue weighted by Crippen LogP contribution is 2.57. The number of hydrogen-bond acceptors (Lipinski definition) is 1. The molecule has 2 heterocycles. The maximum absolute atomic E-state index is 4.19. The third kappa shape index (κ3) is 5.16. The van der Waals surface area contributed by atoms with E-state index in [4.69, 9.17) is 0 Å². The predicted octanol–water partition coefficient (Wildman–Crippen LogP) is 13.7. The minimum atomic E-state index is -0.300. The van der Waals surface area contributed by atoms with Crippen molar-refractivity contribution in [3.8, 4) is 16.8 Å². The minimum absolute atomic E-state index is 0.102. The largest absolute Gasteiger partial charge is 0.332 e. The molecule has 0 saturated heterocycles. The fraction of sp³-hybridized carbons (Fsp3) is 0.137. The van der Waals surface area contributed by atoms with E-state index in [1.807, 2.05) is 0 Å². The Morgan fingerprint density at radius 1 is 0.698 bits per heavy atom. The van der Waals surface area contributed by atoms with Gasteiger partial charge in [-0.15, -0.1) is 6.58 Å². The Hall–Kier alpha value is -6.12. The van der Waals surface area contributed by atoms with Crippen molar-refractivity contribution < 1.29 is 0 Å². The first-order chi connectivity index (χ1) is 26.0. The van der Waals surface area contributed by atoms with Crippen LogP contribution in [-0.2, 0) is 0 Å². The van der Waals surface area contributed by atoms with E-state index in [1.165, 1.54) is 83.4 Å². The summed E-state index contributed by atoms with van der Waals surface area (Å²) in [7, 11) is 0. The van der Waals surface area contributed by atoms with Gasteiger partial charge in [-0.2, -0.15) is 0 Å². The van der Waals surface area contributed by atoms with Crippen molar-refractivity contribution in [2.75, 3.05) is 4.90 Å². The van der Waals surface area contributed by atoms with Gasteiger partial charge in [-0.3, -0.25) is 0 Å². The average Bonchev–Trinajstić information content (AvgIpc) is 3.73. The Bertz CT molecular complexity index is 2630. The van der Waals surface area contributed by atoms with Crippen molar-refractivity contribution in [2.24, 2.45) is 5.41 Å². The number of hydrogen-bond donors (Lipinski definition) is 0. The van der Waals surface area contributed by atoms with E-state index < -0.39 is 0 Å². The summed E-state index contributed by atoms with van der Waals surface area (Å²) in [6.07, 6.45) is 11.0. The lowest BCUT2D eigenvalue weighted by Crippen LogP contribution is -2.43. The number of benzene rings is 6. The topological polar surface area (TPSA) is 8.17 Å². The Morgan fingerprint density at radius 3 is 2.17 bits per heavy atom. The standard InChI is InChI=1S/C51H44N2/c1-5-6-29-44(51(4)34-19-28-42-40-25-13-16-31-46(40)52(50(42)51)37-21-8-7-9-22-37)36(3)38-23-11-12-24-39(38)41-27-18-33-48-49(41)43-26-14-17-32-47(43)53(48)45-30-15-10-20-35(45)2/h5,7-28,30-34,50H,1,6,29H2,2-4H3/b44-36-. The number of allylic oxidation sites excluding steroid dienone is 4. The predicted molar refractivity (Wildman–Crippen MR) is 227 cm³/mol. The molecule has 2 heteroatoms. The molecule has 0 saturated carbocycles. The summed E-state index contributed by atoms with van der Waals surface area (Å²) in [5.41, 5.74) is 16.4. The van der Waals surface area contributed by atoms with Gasteiger partial charge in [0.1, 0.15) is 0 Å². The van der Waals surface area contributed by atoms with Gasteiger partial charge in [0.05, 0.1) is 17.1 Å². The quantitative estimate of drug-likeness (QED) is 0.145. The summed E-state index contributed by atoms with van der Waals surface area (Å²) in [6, 6.07) is 53.4. The highest BCUT2D eigenvalue weighted by molar-refractivity contribution is 6.16. The van der Waals surface area contributed by atoms with Gasteiger partial charge in [0.15, 0.2) is 0 Å². The van der Waals surface area contributed by atoms with Gasteiger partial charge in [-0.1, -0.05) is 139 Å². The zero-order valence-corrected chi connectivity index (χ0v) is 30.8. The molecule has 9 rings (SSSR count). The number of nitrogens with zero attached hydrogens (tertiary/aromatic N) is 2. The second-order valence-electron chi connectivity index (χ2n) is 14.7. The zero-order valence-electron chi connectivity index (χ0n) is 30.8. The van der Waals surface area contributed by atoms with Gasteiger partial charge in [0, 0.05) is 38.8 Å². The maximum Gasteiger partial charge on any atom is 0.0724 e. The molecule has 0 N–H and O–H groups in total. The molecule has 0 amide bonds. The summed E-state index contributed by atoms with van der Waals surface area (Å²) in [5, 5.41) is 2.55. The van der Waals surface area contributed by atoms with E-state index >= 15 is 0 Å². The van der Waals surface area contributed by atoms with Crippen molar-refractivity contribution in [1.82, 2.24) is 4.57 Å². The summed E-state index contributed by atoms with van der Waals surface area (Å²) in [5.74, 6) is 0. The van der Waals surface area contributed by atoms with Crippen LogP contribution in [0.5, 0.6) is 0 Å². The van der Waals surface area contributed by atoms with Crippen LogP contribution in [0.4, 0.5) is 11.4 Å². The van der Waals surface area contributed by atoms with Gasteiger partial charge < -0.3 is 9.47 Å². The normalized spacial score (nSPS) is 18.1.